The molecule has 7 rings (SSSR count). The number of methoxy groups -OCH3 is 1. The van der Waals surface area contributed by atoms with E-state index in [9.17, 15) is 10.3 Å². The number of rotatable bonds is 16. The first-order chi connectivity index (χ1) is 28.0. The number of fused-ring (bicyclic) bond motifs is 1. The molecule has 14 nitrogen and oxygen atoms in total. The number of hydrogen-bond donors (Lipinski definition) is 0. The maximum Gasteiger partial charge on any atom is 0.303 e. The zero-order valence-electron chi connectivity index (χ0n) is 31.8. The van der Waals surface area contributed by atoms with E-state index in [0.717, 1.165) is 22.3 Å². The van der Waals surface area contributed by atoms with Gasteiger partial charge in [0.05, 0.1) is 33.0 Å². The number of hydrogen-bond acceptors (Lipinski definition) is 12. The first kappa shape index (κ1) is 40.5. The molecule has 3 fully saturated rings. The van der Waals surface area contributed by atoms with Crippen LogP contribution in [-0.4, -0.2) is 87.6 Å². The molecule has 0 bridgehead atoms. The van der Waals surface area contributed by atoms with Crippen LogP contribution in [0.15, 0.2) is 126 Å². The molecule has 0 aromatic heterocycles. The van der Waals surface area contributed by atoms with Crippen LogP contribution in [0.2, 0.25) is 0 Å². The van der Waals surface area contributed by atoms with Gasteiger partial charge >= 0.3 is 5.97 Å². The molecule has 4 aromatic rings. The molecule has 4 aromatic carbocycles. The first-order valence-electron chi connectivity index (χ1n) is 19.0. The van der Waals surface area contributed by atoms with Gasteiger partial charge in [-0.25, -0.2) is 0 Å². The van der Waals surface area contributed by atoms with Gasteiger partial charge in [-0.15, -0.1) is 0 Å². The van der Waals surface area contributed by atoms with Gasteiger partial charge < -0.3 is 47.4 Å². The Balaban J connectivity index is 1.22. The van der Waals surface area contributed by atoms with Crippen LogP contribution >= 0.6 is 0 Å². The number of esters is 1. The van der Waals surface area contributed by atoms with Crippen LogP contribution in [0.1, 0.15) is 35.5 Å². The van der Waals surface area contributed by atoms with Crippen LogP contribution in [0.3, 0.4) is 0 Å². The number of azide groups is 1. The molecule has 11 atom stereocenters. The van der Waals surface area contributed by atoms with Gasteiger partial charge in [0.15, 0.2) is 18.9 Å². The number of ether oxygens (including phenoxy) is 10. The minimum atomic E-state index is -1.28. The van der Waals surface area contributed by atoms with E-state index in [2.05, 4.69) is 10.0 Å². The average Bonchev–Trinajstić information content (AvgIpc) is 3.25. The molecule has 0 aliphatic carbocycles. The Bertz CT molecular complexity index is 1870. The summed E-state index contributed by atoms with van der Waals surface area (Å²) >= 11 is 0. The van der Waals surface area contributed by atoms with Crippen molar-refractivity contribution in [3.05, 3.63) is 154 Å². The van der Waals surface area contributed by atoms with Gasteiger partial charge in [-0.2, -0.15) is 0 Å². The van der Waals surface area contributed by atoms with Gasteiger partial charge in [0.25, 0.3) is 0 Å². The predicted molar refractivity (Wildman–Crippen MR) is 204 cm³/mol. The zero-order chi connectivity index (χ0) is 39.4. The molecule has 14 heteroatoms. The fraction of sp³-hybridized carbons (Fsp3) is 0.419. The summed E-state index contributed by atoms with van der Waals surface area (Å²) in [6, 6.07) is 37.4. The standard InChI is InChI=1S/C43H47N3O11/c1-28(47)53-38-35(45-46-44)42(54-34-27-52-41(56-36(34)38)32-21-13-6-14-22-32)57-37-33(26-49-23-29-15-7-3-8-16-29)55-43(48-2)40(51-25-31-19-11-5-12-20-31)39(37)50-24-30-17-9-4-10-18-30/h3-22,33-43H,23-27H2,1-2H3/t33-,34-,35-,36+,37-,38-,39+,40-,41?,42+,43+/m1/s1. The van der Waals surface area contributed by atoms with Crippen molar-refractivity contribution in [1.29, 1.82) is 0 Å². The molecule has 57 heavy (non-hydrogen) atoms. The fourth-order valence-corrected chi connectivity index (χ4v) is 7.25. The lowest BCUT2D eigenvalue weighted by Crippen LogP contribution is -2.66. The summed E-state index contributed by atoms with van der Waals surface area (Å²) in [5, 5.41) is 4.09. The monoisotopic (exact) mass is 781 g/mol. The second-order valence-corrected chi connectivity index (χ2v) is 13.9. The van der Waals surface area contributed by atoms with E-state index in [0.29, 0.717) is 6.61 Å². The van der Waals surface area contributed by atoms with E-state index in [1.807, 2.05) is 121 Å². The largest absolute Gasteiger partial charge is 0.459 e. The molecule has 0 amide bonds. The Labute approximate surface area is 331 Å². The van der Waals surface area contributed by atoms with Crippen LogP contribution in [0.25, 0.3) is 10.4 Å². The number of carbonyl (C=O) groups excluding carboxylic acids is 1. The van der Waals surface area contributed by atoms with Gasteiger partial charge in [0.2, 0.25) is 0 Å². The summed E-state index contributed by atoms with van der Waals surface area (Å²) in [6.45, 7) is 2.12. The molecule has 0 spiro atoms. The summed E-state index contributed by atoms with van der Waals surface area (Å²) in [5.41, 5.74) is 13.5. The Morgan fingerprint density at radius 2 is 1.30 bits per heavy atom. The Kier molecular flexibility index (Phi) is 14.3. The molecule has 3 heterocycles. The van der Waals surface area contributed by atoms with Crippen molar-refractivity contribution in [2.45, 2.75) is 94.4 Å². The lowest BCUT2D eigenvalue weighted by molar-refractivity contribution is -0.374. The summed E-state index contributed by atoms with van der Waals surface area (Å²) in [6.07, 6.45) is -9.13. The van der Waals surface area contributed by atoms with E-state index in [1.54, 1.807) is 7.11 Å². The van der Waals surface area contributed by atoms with Gasteiger partial charge in [-0.05, 0) is 22.2 Å². The number of nitrogens with zero attached hydrogens (tertiary/aromatic N) is 3. The average molecular weight is 782 g/mol. The zero-order valence-corrected chi connectivity index (χ0v) is 31.8. The third-order valence-corrected chi connectivity index (χ3v) is 9.94. The predicted octanol–water partition coefficient (Wildman–Crippen LogP) is 6.58. The number of benzene rings is 4. The SMILES string of the molecule is CO[C@H]1O[C@H](COCc2ccccc2)[C@@H](O[C@@H]2O[C@@H]3COC(c4ccccc4)O[C@@H]3[C@H](OC(C)=O)[C@H]2N=[N+]=[N-])[C@H](OCc2ccccc2)[C@H]1OCc1ccccc1. The summed E-state index contributed by atoms with van der Waals surface area (Å²) < 4.78 is 63.9. The highest BCUT2D eigenvalue weighted by molar-refractivity contribution is 5.66. The van der Waals surface area contributed by atoms with E-state index < -0.39 is 73.6 Å². The number of carbonyl (C=O) groups is 1. The van der Waals surface area contributed by atoms with E-state index in [4.69, 9.17) is 47.4 Å². The molecule has 3 aliphatic heterocycles. The minimum absolute atomic E-state index is 0.0549. The summed E-state index contributed by atoms with van der Waals surface area (Å²) in [7, 11) is 1.54. The molecule has 3 saturated heterocycles. The van der Waals surface area contributed by atoms with E-state index in [1.165, 1.54) is 6.92 Å². The topological polar surface area (TPSA) is 158 Å². The van der Waals surface area contributed by atoms with Crippen molar-refractivity contribution < 1.29 is 52.2 Å². The minimum Gasteiger partial charge on any atom is -0.459 e. The molecule has 0 radical (unpaired) electrons. The normalized spacial score (nSPS) is 29.8. The second kappa shape index (κ2) is 20.1. The van der Waals surface area contributed by atoms with Crippen LogP contribution in [-0.2, 0) is 72.0 Å². The Morgan fingerprint density at radius 1 is 0.719 bits per heavy atom. The third-order valence-electron chi connectivity index (χ3n) is 9.94. The highest BCUT2D eigenvalue weighted by Crippen LogP contribution is 2.39. The van der Waals surface area contributed by atoms with Crippen molar-refractivity contribution >= 4 is 5.97 Å². The molecule has 300 valence electrons. The van der Waals surface area contributed by atoms with Gasteiger partial charge in [-0.1, -0.05) is 126 Å². The van der Waals surface area contributed by atoms with E-state index >= 15 is 0 Å². The Hall–Kier alpha value is -4.70. The van der Waals surface area contributed by atoms with Gasteiger partial charge in [0, 0.05) is 24.5 Å². The highest BCUT2D eigenvalue weighted by Gasteiger charge is 2.55. The van der Waals surface area contributed by atoms with Crippen molar-refractivity contribution in [2.75, 3.05) is 20.3 Å². The first-order valence-corrected chi connectivity index (χ1v) is 19.0. The van der Waals surface area contributed by atoms with Crippen molar-refractivity contribution in [3.8, 4) is 0 Å². The molecule has 0 N–H and O–H groups in total. The van der Waals surface area contributed by atoms with Crippen LogP contribution in [0.4, 0.5) is 0 Å². The maximum absolute atomic E-state index is 12.6. The lowest BCUT2D eigenvalue weighted by Gasteiger charge is -2.50. The fourth-order valence-electron chi connectivity index (χ4n) is 7.25. The smallest absolute Gasteiger partial charge is 0.303 e. The van der Waals surface area contributed by atoms with Crippen LogP contribution in [0.5, 0.6) is 0 Å². The summed E-state index contributed by atoms with van der Waals surface area (Å²) in [4.78, 5) is 15.8. The van der Waals surface area contributed by atoms with Crippen LogP contribution < -0.4 is 0 Å². The second-order valence-electron chi connectivity index (χ2n) is 13.9. The molecule has 1 unspecified atom stereocenters. The van der Waals surface area contributed by atoms with Gasteiger partial charge in [-0.3, -0.25) is 4.79 Å². The molecule has 0 saturated carbocycles. The maximum atomic E-state index is 12.6. The lowest BCUT2D eigenvalue weighted by atomic mass is 9.94. The van der Waals surface area contributed by atoms with Gasteiger partial charge in [0.1, 0.15) is 48.8 Å². The molecule has 3 aliphatic rings. The summed E-state index contributed by atoms with van der Waals surface area (Å²) in [5.74, 6) is -0.599. The Morgan fingerprint density at radius 3 is 1.88 bits per heavy atom. The quantitative estimate of drug-likeness (QED) is 0.0523. The highest BCUT2D eigenvalue weighted by atomic mass is 16.8. The molecular weight excluding hydrogens is 734 g/mol. The van der Waals surface area contributed by atoms with Crippen molar-refractivity contribution in [3.63, 3.8) is 0 Å². The van der Waals surface area contributed by atoms with Crippen molar-refractivity contribution in [2.24, 2.45) is 5.11 Å². The van der Waals surface area contributed by atoms with E-state index in [-0.39, 0.29) is 26.4 Å². The third kappa shape index (κ3) is 10.4. The molecular formula is C43H47N3O11. The van der Waals surface area contributed by atoms with Crippen LogP contribution in [0, 0.1) is 0 Å². The van der Waals surface area contributed by atoms with Crippen molar-refractivity contribution in [1.82, 2.24) is 0 Å².